The Hall–Kier alpha value is -2.71. The Bertz CT molecular complexity index is 875. The monoisotopic (exact) mass is 478 g/mol. The van der Waals surface area contributed by atoms with Crippen LogP contribution in [0.1, 0.15) is 25.7 Å². The van der Waals surface area contributed by atoms with Gasteiger partial charge in [0.15, 0.2) is 6.61 Å². The third kappa shape index (κ3) is 7.40. The highest BCUT2D eigenvalue weighted by atomic mass is 35.5. The summed E-state index contributed by atoms with van der Waals surface area (Å²) in [6.07, 6.45) is 8.38. The second-order valence-corrected chi connectivity index (χ2v) is 8.21. The smallest absolute Gasteiger partial charge is 0.257 e. The molecule has 1 atom stereocenters. The molecule has 0 spiro atoms. The molecule has 4 aliphatic rings. The molecule has 4 rings (SSSR count). The maximum Gasteiger partial charge on any atom is 0.257 e. The summed E-state index contributed by atoms with van der Waals surface area (Å²) in [5, 5.41) is 9.85. The fourth-order valence-corrected chi connectivity index (χ4v) is 4.05. The van der Waals surface area contributed by atoms with Crippen molar-refractivity contribution in [2.24, 2.45) is 0 Å². The standard InChI is InChI=1S/C24H32ClFN4O3/c1-3-20(13-18(26)15-25)33-16-23(31)27-8-7-17(2)28-24-21-6-4-5-19(29-24)14-22(21)30-9-11-32-12-10-30/h3,13-15,24,28-29H,1-2,4-12,16H2,(H,27,31)/b18-15-,20-13+. The lowest BCUT2D eigenvalue weighted by Gasteiger charge is -2.37. The van der Waals surface area contributed by atoms with Crippen LogP contribution in [0.4, 0.5) is 4.39 Å². The Balaban J connectivity index is 1.46. The lowest BCUT2D eigenvalue weighted by atomic mass is 10.0. The van der Waals surface area contributed by atoms with Crippen molar-refractivity contribution >= 4 is 17.5 Å². The molecule has 9 heteroatoms. The van der Waals surface area contributed by atoms with Gasteiger partial charge in [-0.25, -0.2) is 4.39 Å². The summed E-state index contributed by atoms with van der Waals surface area (Å²) < 4.78 is 23.9. The van der Waals surface area contributed by atoms with Crippen molar-refractivity contribution in [3.05, 3.63) is 71.2 Å². The van der Waals surface area contributed by atoms with Crippen molar-refractivity contribution in [2.45, 2.75) is 31.8 Å². The first-order chi connectivity index (χ1) is 16.0. The number of allylic oxidation sites excluding steroid dienone is 5. The van der Waals surface area contributed by atoms with Crippen LogP contribution < -0.4 is 16.0 Å². The lowest BCUT2D eigenvalue weighted by Crippen LogP contribution is -2.47. The number of amides is 1. The number of rotatable bonds is 11. The second kappa shape index (κ2) is 12.5. The number of morpholine rings is 1. The number of ether oxygens (including phenoxy) is 2. The zero-order valence-corrected chi connectivity index (χ0v) is 19.6. The summed E-state index contributed by atoms with van der Waals surface area (Å²) in [4.78, 5) is 14.4. The highest BCUT2D eigenvalue weighted by molar-refractivity contribution is 6.25. The van der Waals surface area contributed by atoms with Gasteiger partial charge in [0.05, 0.1) is 13.2 Å². The van der Waals surface area contributed by atoms with Crippen molar-refractivity contribution in [2.75, 3.05) is 39.5 Å². The van der Waals surface area contributed by atoms with Crippen molar-refractivity contribution < 1.29 is 18.7 Å². The van der Waals surface area contributed by atoms with E-state index in [4.69, 9.17) is 21.1 Å². The van der Waals surface area contributed by atoms with Gasteiger partial charge >= 0.3 is 0 Å². The van der Waals surface area contributed by atoms with E-state index < -0.39 is 5.83 Å². The fourth-order valence-electron chi connectivity index (χ4n) is 3.98. The Labute approximate surface area is 199 Å². The average molecular weight is 479 g/mol. The van der Waals surface area contributed by atoms with E-state index >= 15 is 0 Å². The number of nitrogens with one attached hydrogen (secondary N) is 3. The van der Waals surface area contributed by atoms with Crippen LogP contribution >= 0.6 is 11.6 Å². The fraction of sp³-hybridized carbons (Fsp3) is 0.458. The molecule has 3 aliphatic heterocycles. The zero-order valence-electron chi connectivity index (χ0n) is 18.8. The molecular formula is C24H32ClFN4O3. The number of carbonyl (C=O) groups excluding carboxylic acids is 1. The molecule has 0 saturated carbocycles. The minimum Gasteiger partial charge on any atom is -0.484 e. The van der Waals surface area contributed by atoms with Gasteiger partial charge < -0.3 is 30.3 Å². The van der Waals surface area contributed by atoms with Gasteiger partial charge in [0, 0.05) is 54.8 Å². The number of carbonyl (C=O) groups is 1. The highest BCUT2D eigenvalue weighted by Gasteiger charge is 2.29. The number of dihydropyridines is 1. The third-order valence-corrected chi connectivity index (χ3v) is 5.82. The van der Waals surface area contributed by atoms with Crippen LogP contribution in [0.2, 0.25) is 0 Å². The van der Waals surface area contributed by atoms with E-state index in [1.165, 1.54) is 23.0 Å². The molecule has 2 saturated heterocycles. The highest BCUT2D eigenvalue weighted by Crippen LogP contribution is 2.31. The molecule has 3 heterocycles. The minimum absolute atomic E-state index is 0.00190. The van der Waals surface area contributed by atoms with Gasteiger partial charge in [-0.1, -0.05) is 24.8 Å². The topological polar surface area (TPSA) is 74.9 Å². The van der Waals surface area contributed by atoms with Crippen LogP contribution in [0.3, 0.4) is 0 Å². The summed E-state index contributed by atoms with van der Waals surface area (Å²) in [6, 6.07) is 0. The van der Waals surface area contributed by atoms with Crippen molar-refractivity contribution in [1.29, 1.82) is 0 Å². The molecule has 1 amide bonds. The molecule has 0 aromatic rings. The zero-order chi connectivity index (χ0) is 23.6. The largest absolute Gasteiger partial charge is 0.484 e. The van der Waals surface area contributed by atoms with Crippen LogP contribution in [0.15, 0.2) is 71.2 Å². The molecule has 0 radical (unpaired) electrons. The number of hydrogen-bond acceptors (Lipinski definition) is 6. The van der Waals surface area contributed by atoms with Crippen molar-refractivity contribution in [3.8, 4) is 0 Å². The van der Waals surface area contributed by atoms with Crippen molar-refractivity contribution in [1.82, 2.24) is 20.9 Å². The van der Waals surface area contributed by atoms with Gasteiger partial charge in [0.2, 0.25) is 0 Å². The first-order valence-corrected chi connectivity index (χ1v) is 11.6. The van der Waals surface area contributed by atoms with Gasteiger partial charge in [0.25, 0.3) is 5.91 Å². The second-order valence-electron chi connectivity index (χ2n) is 7.99. The predicted octanol–water partition coefficient (Wildman–Crippen LogP) is 3.32. The van der Waals surface area contributed by atoms with Crippen LogP contribution in [0.5, 0.6) is 0 Å². The minimum atomic E-state index is -0.683. The van der Waals surface area contributed by atoms with Gasteiger partial charge in [-0.2, -0.15) is 0 Å². The third-order valence-electron chi connectivity index (χ3n) is 5.62. The number of fused-ring (bicyclic) bond motifs is 4. The first kappa shape index (κ1) is 24.9. The van der Waals surface area contributed by atoms with Crippen LogP contribution in [-0.4, -0.2) is 56.4 Å². The molecule has 1 aliphatic carbocycles. The number of hydrogen-bond donors (Lipinski definition) is 3. The maximum absolute atomic E-state index is 13.2. The summed E-state index contributed by atoms with van der Waals surface area (Å²) in [6.45, 7) is 11.1. The number of nitrogens with zero attached hydrogens (tertiary/aromatic N) is 1. The molecule has 2 bridgehead atoms. The van der Waals surface area contributed by atoms with Crippen molar-refractivity contribution in [3.63, 3.8) is 0 Å². The Morgan fingerprint density at radius 2 is 2.18 bits per heavy atom. The van der Waals surface area contributed by atoms with Crippen LogP contribution in [0.25, 0.3) is 0 Å². The van der Waals surface area contributed by atoms with E-state index in [2.05, 4.69) is 40.1 Å². The molecule has 33 heavy (non-hydrogen) atoms. The van der Waals surface area contributed by atoms with E-state index in [1.54, 1.807) is 0 Å². The van der Waals surface area contributed by atoms with E-state index in [0.717, 1.165) is 62.9 Å². The number of halogens is 2. The van der Waals surface area contributed by atoms with Gasteiger partial charge in [-0.3, -0.25) is 4.79 Å². The molecule has 0 aromatic carbocycles. The molecule has 0 aromatic heterocycles. The summed E-state index contributed by atoms with van der Waals surface area (Å²) in [5.74, 6) is -0.878. The lowest BCUT2D eigenvalue weighted by molar-refractivity contribution is -0.124. The quantitative estimate of drug-likeness (QED) is 0.312. The van der Waals surface area contributed by atoms with Crippen LogP contribution in [0, 0.1) is 0 Å². The molecular weight excluding hydrogens is 447 g/mol. The Morgan fingerprint density at radius 1 is 1.39 bits per heavy atom. The molecule has 3 N–H and O–H groups in total. The Morgan fingerprint density at radius 3 is 2.91 bits per heavy atom. The van der Waals surface area contributed by atoms with Gasteiger partial charge in [-0.15, -0.1) is 0 Å². The Kier molecular flexibility index (Phi) is 9.45. The summed E-state index contributed by atoms with van der Waals surface area (Å²) in [5.41, 5.74) is 5.49. The molecule has 1 unspecified atom stereocenters. The van der Waals surface area contributed by atoms with Gasteiger partial charge in [0.1, 0.15) is 17.8 Å². The predicted molar refractivity (Wildman–Crippen MR) is 127 cm³/mol. The molecule has 180 valence electrons. The van der Waals surface area contributed by atoms with Crippen LogP contribution in [-0.2, 0) is 14.3 Å². The van der Waals surface area contributed by atoms with E-state index in [9.17, 15) is 9.18 Å². The average Bonchev–Trinajstić information content (AvgIpc) is 3.15. The van der Waals surface area contributed by atoms with E-state index in [0.29, 0.717) is 13.0 Å². The van der Waals surface area contributed by atoms with E-state index in [-0.39, 0.29) is 24.4 Å². The summed E-state index contributed by atoms with van der Waals surface area (Å²) in [7, 11) is 0. The summed E-state index contributed by atoms with van der Waals surface area (Å²) >= 11 is 5.28. The molecule has 2 fully saturated rings. The normalized spacial score (nSPS) is 21.1. The maximum atomic E-state index is 13.2. The first-order valence-electron chi connectivity index (χ1n) is 11.2. The molecule has 7 nitrogen and oxygen atoms in total. The SMILES string of the molecule is C=C/C(=C\C(F)=C\Cl)OCC(=O)NCCC(=C)NC1NC2=CC(N3CCOCC3)=C1CCC2. The van der Waals surface area contributed by atoms with Gasteiger partial charge in [-0.05, 0) is 37.0 Å². The van der Waals surface area contributed by atoms with E-state index in [1.807, 2.05) is 0 Å².